The predicted octanol–water partition coefficient (Wildman–Crippen LogP) is 3.28. The first kappa shape index (κ1) is 19.3. The van der Waals surface area contributed by atoms with Crippen LogP contribution in [0.1, 0.15) is 40.7 Å². The summed E-state index contributed by atoms with van der Waals surface area (Å²) >= 11 is 0. The third-order valence-electron chi connectivity index (χ3n) is 5.88. The van der Waals surface area contributed by atoms with Gasteiger partial charge in [-0.15, -0.1) is 0 Å². The molecule has 2 aliphatic rings. The van der Waals surface area contributed by atoms with Crippen molar-refractivity contribution in [2.75, 3.05) is 12.4 Å². The highest BCUT2D eigenvalue weighted by Crippen LogP contribution is 2.38. The van der Waals surface area contributed by atoms with Crippen LogP contribution in [-0.4, -0.2) is 30.3 Å². The van der Waals surface area contributed by atoms with Crippen molar-refractivity contribution >= 4 is 17.7 Å². The number of anilines is 1. The Morgan fingerprint density at radius 2 is 1.66 bits per heavy atom. The SMILES string of the molecule is COC(=O)C(Cc1ccc(O)cc1)NC(=O)Nc1c2c(cc3c1CCC3)CCC2. The summed E-state index contributed by atoms with van der Waals surface area (Å²) in [4.78, 5) is 25.0. The van der Waals surface area contributed by atoms with Crippen molar-refractivity contribution < 1.29 is 19.4 Å². The van der Waals surface area contributed by atoms with Gasteiger partial charge in [-0.1, -0.05) is 18.2 Å². The van der Waals surface area contributed by atoms with Crippen LogP contribution in [0, 0.1) is 0 Å². The number of hydrogen-bond acceptors (Lipinski definition) is 4. The Balaban J connectivity index is 1.52. The average Bonchev–Trinajstić information content (AvgIpc) is 3.37. The van der Waals surface area contributed by atoms with Gasteiger partial charge in [0.2, 0.25) is 0 Å². The summed E-state index contributed by atoms with van der Waals surface area (Å²) in [5.41, 5.74) is 6.94. The van der Waals surface area contributed by atoms with E-state index in [0.29, 0.717) is 0 Å². The summed E-state index contributed by atoms with van der Waals surface area (Å²) in [5.74, 6) is -0.349. The molecule has 6 nitrogen and oxygen atoms in total. The van der Waals surface area contributed by atoms with Crippen LogP contribution in [0.2, 0.25) is 0 Å². The molecule has 2 aromatic rings. The first-order valence-electron chi connectivity index (χ1n) is 10.1. The number of phenolic OH excluding ortho intramolecular Hbond substituents is 1. The molecular formula is C23H26N2O4. The van der Waals surface area contributed by atoms with Crippen molar-refractivity contribution in [2.24, 2.45) is 0 Å². The minimum Gasteiger partial charge on any atom is -0.508 e. The number of carbonyl (C=O) groups excluding carboxylic acids is 2. The Labute approximate surface area is 170 Å². The van der Waals surface area contributed by atoms with E-state index in [-0.39, 0.29) is 12.2 Å². The summed E-state index contributed by atoms with van der Waals surface area (Å²) in [7, 11) is 1.31. The van der Waals surface area contributed by atoms with Crippen LogP contribution in [0.4, 0.5) is 10.5 Å². The number of fused-ring (bicyclic) bond motifs is 2. The maximum absolute atomic E-state index is 12.8. The van der Waals surface area contributed by atoms with E-state index in [1.807, 2.05) is 0 Å². The summed E-state index contributed by atoms with van der Waals surface area (Å²) < 4.78 is 4.88. The minimum absolute atomic E-state index is 0.154. The van der Waals surface area contributed by atoms with Crippen LogP contribution in [0.5, 0.6) is 5.75 Å². The molecule has 152 valence electrons. The molecule has 0 spiro atoms. The molecule has 3 N–H and O–H groups in total. The van der Waals surface area contributed by atoms with Crippen LogP contribution < -0.4 is 10.6 Å². The molecule has 4 rings (SSSR count). The second-order valence-electron chi connectivity index (χ2n) is 7.78. The highest BCUT2D eigenvalue weighted by molar-refractivity contribution is 5.94. The Hall–Kier alpha value is -3.02. The standard InChI is InChI=1S/C23H26N2O4/c1-29-22(27)20(12-14-8-10-17(26)11-9-14)24-23(28)25-21-18-6-2-4-15(18)13-16-5-3-7-19(16)21/h8-11,13,20,26H,2-7,12H2,1H3,(H2,24,25,28). The monoisotopic (exact) mass is 394 g/mol. The van der Waals surface area contributed by atoms with Crippen molar-refractivity contribution in [2.45, 2.75) is 51.0 Å². The Kier molecular flexibility index (Phi) is 5.43. The molecule has 2 aromatic carbocycles. The highest BCUT2D eigenvalue weighted by atomic mass is 16.5. The molecule has 0 heterocycles. The second-order valence-corrected chi connectivity index (χ2v) is 7.78. The average molecular weight is 394 g/mol. The molecule has 0 aliphatic heterocycles. The van der Waals surface area contributed by atoms with E-state index in [9.17, 15) is 14.7 Å². The van der Waals surface area contributed by atoms with Gasteiger partial charge in [-0.25, -0.2) is 9.59 Å². The van der Waals surface area contributed by atoms with Gasteiger partial charge in [-0.2, -0.15) is 0 Å². The van der Waals surface area contributed by atoms with Crippen LogP contribution in [0.15, 0.2) is 30.3 Å². The Bertz CT molecular complexity index is 905. The maximum atomic E-state index is 12.8. The van der Waals surface area contributed by atoms with Crippen molar-refractivity contribution in [3.05, 3.63) is 58.1 Å². The zero-order chi connectivity index (χ0) is 20.4. The molecule has 29 heavy (non-hydrogen) atoms. The van der Waals surface area contributed by atoms with Crippen molar-refractivity contribution in [3.8, 4) is 5.75 Å². The first-order valence-corrected chi connectivity index (χ1v) is 10.1. The van der Waals surface area contributed by atoms with Crippen molar-refractivity contribution in [1.82, 2.24) is 5.32 Å². The van der Waals surface area contributed by atoms with Gasteiger partial charge >= 0.3 is 12.0 Å². The minimum atomic E-state index is -0.811. The molecule has 1 unspecified atom stereocenters. The number of aromatic hydroxyl groups is 1. The molecule has 0 saturated carbocycles. The summed E-state index contributed by atoms with van der Waals surface area (Å²) in [6.07, 6.45) is 6.58. The number of benzene rings is 2. The Morgan fingerprint density at radius 1 is 1.03 bits per heavy atom. The summed E-state index contributed by atoms with van der Waals surface area (Å²) in [6.45, 7) is 0. The maximum Gasteiger partial charge on any atom is 0.328 e. The van der Waals surface area contributed by atoms with E-state index in [1.54, 1.807) is 24.3 Å². The number of ether oxygens (including phenoxy) is 1. The van der Waals surface area contributed by atoms with Gasteiger partial charge in [-0.3, -0.25) is 0 Å². The molecule has 2 amide bonds. The lowest BCUT2D eigenvalue weighted by atomic mass is 9.99. The zero-order valence-corrected chi connectivity index (χ0v) is 16.6. The van der Waals surface area contributed by atoms with Crippen molar-refractivity contribution in [1.29, 1.82) is 0 Å². The molecule has 6 heteroatoms. The van der Waals surface area contributed by atoms with E-state index >= 15 is 0 Å². The Morgan fingerprint density at radius 3 is 2.24 bits per heavy atom. The highest BCUT2D eigenvalue weighted by Gasteiger charge is 2.27. The third kappa shape index (κ3) is 4.06. The molecule has 0 saturated heterocycles. The lowest BCUT2D eigenvalue weighted by Gasteiger charge is -2.20. The quantitative estimate of drug-likeness (QED) is 0.679. The van der Waals surface area contributed by atoms with Crippen LogP contribution >= 0.6 is 0 Å². The van der Waals surface area contributed by atoms with Gasteiger partial charge in [0, 0.05) is 12.1 Å². The van der Waals surface area contributed by atoms with E-state index in [0.717, 1.165) is 49.8 Å². The van der Waals surface area contributed by atoms with E-state index < -0.39 is 18.0 Å². The van der Waals surface area contributed by atoms with Crippen LogP contribution in [0.3, 0.4) is 0 Å². The second kappa shape index (κ2) is 8.15. The van der Waals surface area contributed by atoms with Gasteiger partial charge in [0.15, 0.2) is 0 Å². The number of esters is 1. The summed E-state index contributed by atoms with van der Waals surface area (Å²) in [5, 5.41) is 15.3. The van der Waals surface area contributed by atoms with Gasteiger partial charge in [0.1, 0.15) is 11.8 Å². The smallest absolute Gasteiger partial charge is 0.328 e. The fourth-order valence-corrected chi connectivity index (χ4v) is 4.48. The molecule has 1 atom stereocenters. The number of nitrogens with one attached hydrogen (secondary N) is 2. The van der Waals surface area contributed by atoms with E-state index in [1.165, 1.54) is 29.4 Å². The topological polar surface area (TPSA) is 87.7 Å². The number of hydrogen-bond donors (Lipinski definition) is 3. The van der Waals surface area contributed by atoms with Gasteiger partial charge in [0.05, 0.1) is 7.11 Å². The molecular weight excluding hydrogens is 368 g/mol. The fraction of sp³-hybridized carbons (Fsp3) is 0.391. The fourth-order valence-electron chi connectivity index (χ4n) is 4.48. The zero-order valence-electron chi connectivity index (χ0n) is 16.6. The number of phenols is 1. The van der Waals surface area contributed by atoms with Crippen molar-refractivity contribution in [3.63, 3.8) is 0 Å². The third-order valence-corrected chi connectivity index (χ3v) is 5.88. The van der Waals surface area contributed by atoms with Gasteiger partial charge in [0.25, 0.3) is 0 Å². The van der Waals surface area contributed by atoms with Crippen LogP contribution in [-0.2, 0) is 41.6 Å². The number of rotatable bonds is 5. The van der Waals surface area contributed by atoms with Gasteiger partial charge < -0.3 is 20.5 Å². The molecule has 0 radical (unpaired) electrons. The van der Waals surface area contributed by atoms with E-state index in [2.05, 4.69) is 16.7 Å². The van der Waals surface area contributed by atoms with Gasteiger partial charge in [-0.05, 0) is 78.5 Å². The lowest BCUT2D eigenvalue weighted by molar-refractivity contribution is -0.142. The first-order chi connectivity index (χ1) is 14.0. The normalized spacial score (nSPS) is 15.3. The lowest BCUT2D eigenvalue weighted by Crippen LogP contribution is -2.45. The largest absolute Gasteiger partial charge is 0.508 e. The number of urea groups is 1. The molecule has 2 aliphatic carbocycles. The van der Waals surface area contributed by atoms with E-state index in [4.69, 9.17) is 4.74 Å². The van der Waals surface area contributed by atoms with Crippen LogP contribution in [0.25, 0.3) is 0 Å². The number of methoxy groups -OCH3 is 1. The molecule has 0 bridgehead atoms. The molecule has 0 fully saturated rings. The number of carbonyl (C=O) groups is 2. The summed E-state index contributed by atoms with van der Waals surface area (Å²) in [6, 6.07) is 7.67. The number of amides is 2. The number of aryl methyl sites for hydroxylation is 2. The predicted molar refractivity (Wildman–Crippen MR) is 110 cm³/mol. The molecule has 0 aromatic heterocycles.